The molecule has 10 heavy (non-hydrogen) atoms. The second kappa shape index (κ2) is 2.48. The van der Waals surface area contributed by atoms with Gasteiger partial charge in [0.05, 0.1) is 6.10 Å². The first-order valence-corrected chi connectivity index (χ1v) is 4.76. The van der Waals surface area contributed by atoms with Crippen LogP contribution in [-0.2, 0) is 14.8 Å². The lowest BCUT2D eigenvalue weighted by Gasteiger charge is -2.09. The Morgan fingerprint density at radius 1 is 1.60 bits per heavy atom. The molecule has 4 nitrogen and oxygen atoms in total. The molecule has 1 aliphatic heterocycles. The zero-order valence-corrected chi connectivity index (χ0v) is 6.60. The van der Waals surface area contributed by atoms with Crippen LogP contribution in [0.5, 0.6) is 0 Å². The van der Waals surface area contributed by atoms with Crippen LogP contribution in [0.15, 0.2) is 0 Å². The van der Waals surface area contributed by atoms with Gasteiger partial charge in [-0.15, -0.1) is 0 Å². The highest BCUT2D eigenvalue weighted by atomic mass is 32.2. The summed E-state index contributed by atoms with van der Waals surface area (Å²) in [6.45, 7) is 2.23. The van der Waals surface area contributed by atoms with Gasteiger partial charge in [-0.1, -0.05) is 0 Å². The lowest BCUT2D eigenvalue weighted by molar-refractivity contribution is 0.126. The Hall–Kier alpha value is -0.130. The Bertz CT molecular complexity index is 211. The molecule has 0 saturated carbocycles. The average molecular weight is 165 g/mol. The van der Waals surface area contributed by atoms with E-state index in [0.29, 0.717) is 13.0 Å². The largest absolute Gasteiger partial charge is 0.377 e. The van der Waals surface area contributed by atoms with E-state index < -0.39 is 15.3 Å². The van der Waals surface area contributed by atoms with Gasteiger partial charge in [0.2, 0.25) is 10.0 Å². The summed E-state index contributed by atoms with van der Waals surface area (Å²) in [6.07, 6.45) is 0.287. The molecular formula is C5H11NO3S. The normalized spacial score (nSPS) is 34.6. The maximum Gasteiger partial charge on any atom is 0.214 e. The van der Waals surface area contributed by atoms with Crippen LogP contribution >= 0.6 is 0 Å². The Labute approximate surface area is 60.4 Å². The third-order valence-electron chi connectivity index (χ3n) is 1.73. The molecule has 0 bridgehead atoms. The number of ether oxygens (including phenoxy) is 1. The molecule has 1 rings (SSSR count). The first kappa shape index (κ1) is 7.97. The lowest BCUT2D eigenvalue weighted by Crippen LogP contribution is -2.33. The average Bonchev–Trinajstić information content (AvgIpc) is 2.11. The van der Waals surface area contributed by atoms with Crippen molar-refractivity contribution in [3.8, 4) is 0 Å². The zero-order chi connectivity index (χ0) is 7.78. The van der Waals surface area contributed by atoms with Crippen LogP contribution in [0.2, 0.25) is 0 Å². The number of hydrogen-bond donors (Lipinski definition) is 1. The summed E-state index contributed by atoms with van der Waals surface area (Å²) in [5, 5.41) is 4.43. The summed E-state index contributed by atoms with van der Waals surface area (Å²) in [6, 6.07) is 0. The molecule has 0 aliphatic carbocycles. The molecule has 0 spiro atoms. The standard InChI is InChI=1S/C5H11NO3S/c1-4-5(2-3-9-4)10(6,7)8/h4-5H,2-3H2,1H3,(H2,6,7,8)/t4-,5-/m1/s1. The van der Waals surface area contributed by atoms with Crippen molar-refractivity contribution < 1.29 is 13.2 Å². The van der Waals surface area contributed by atoms with E-state index in [-0.39, 0.29) is 6.10 Å². The van der Waals surface area contributed by atoms with E-state index in [9.17, 15) is 8.42 Å². The molecule has 60 valence electrons. The zero-order valence-electron chi connectivity index (χ0n) is 5.78. The molecule has 2 N–H and O–H groups in total. The smallest absolute Gasteiger partial charge is 0.214 e. The van der Waals surface area contributed by atoms with Crippen LogP contribution in [-0.4, -0.2) is 26.4 Å². The molecule has 0 aromatic carbocycles. The Morgan fingerprint density at radius 2 is 2.20 bits per heavy atom. The predicted molar refractivity (Wildman–Crippen MR) is 36.9 cm³/mol. The van der Waals surface area contributed by atoms with E-state index in [0.717, 1.165) is 0 Å². The first-order chi connectivity index (χ1) is 4.52. The van der Waals surface area contributed by atoms with Crippen LogP contribution < -0.4 is 5.14 Å². The van der Waals surface area contributed by atoms with E-state index in [1.165, 1.54) is 0 Å². The second-order valence-electron chi connectivity index (χ2n) is 2.49. The first-order valence-electron chi connectivity index (χ1n) is 3.15. The Morgan fingerprint density at radius 3 is 2.40 bits per heavy atom. The fourth-order valence-corrected chi connectivity index (χ4v) is 2.18. The number of primary sulfonamides is 1. The predicted octanol–water partition coefficient (Wildman–Crippen LogP) is -0.548. The molecule has 5 heteroatoms. The van der Waals surface area contributed by atoms with Gasteiger partial charge in [0, 0.05) is 6.61 Å². The van der Waals surface area contributed by atoms with Gasteiger partial charge >= 0.3 is 0 Å². The van der Waals surface area contributed by atoms with Crippen LogP contribution in [0.4, 0.5) is 0 Å². The number of hydrogen-bond acceptors (Lipinski definition) is 3. The van der Waals surface area contributed by atoms with Crippen molar-refractivity contribution in [2.24, 2.45) is 5.14 Å². The lowest BCUT2D eigenvalue weighted by atomic mass is 10.3. The van der Waals surface area contributed by atoms with Crippen LogP contribution in [0.25, 0.3) is 0 Å². The summed E-state index contributed by atoms with van der Waals surface area (Å²) < 4.78 is 26.5. The molecule has 1 fully saturated rings. The second-order valence-corrected chi connectivity index (χ2v) is 4.28. The molecule has 1 saturated heterocycles. The summed E-state index contributed by atoms with van der Waals surface area (Å²) in [5.74, 6) is 0. The van der Waals surface area contributed by atoms with Crippen molar-refractivity contribution in [2.75, 3.05) is 6.61 Å². The molecule has 0 amide bonds. The summed E-state index contributed by atoms with van der Waals surface area (Å²) in [5.41, 5.74) is 0. The van der Waals surface area contributed by atoms with Gasteiger partial charge in [0.25, 0.3) is 0 Å². The van der Waals surface area contributed by atoms with Crippen molar-refractivity contribution in [1.82, 2.24) is 0 Å². The van der Waals surface area contributed by atoms with Crippen LogP contribution in [0.1, 0.15) is 13.3 Å². The fourth-order valence-electron chi connectivity index (χ4n) is 1.14. The minimum absolute atomic E-state index is 0.241. The SMILES string of the molecule is C[C@H]1OCC[C@H]1S(N)(=O)=O. The van der Waals surface area contributed by atoms with Crippen molar-refractivity contribution in [3.63, 3.8) is 0 Å². The fraction of sp³-hybridized carbons (Fsp3) is 1.00. The third kappa shape index (κ3) is 1.47. The molecule has 1 heterocycles. The quantitative estimate of drug-likeness (QED) is 0.567. The summed E-state index contributed by atoms with van der Waals surface area (Å²) >= 11 is 0. The molecule has 2 atom stereocenters. The topological polar surface area (TPSA) is 69.4 Å². The maximum atomic E-state index is 10.7. The monoisotopic (exact) mass is 165 g/mol. The number of rotatable bonds is 1. The summed E-state index contributed by atoms with van der Waals surface area (Å²) in [4.78, 5) is 0. The van der Waals surface area contributed by atoms with Gasteiger partial charge in [-0.3, -0.25) is 0 Å². The molecular weight excluding hydrogens is 154 g/mol. The van der Waals surface area contributed by atoms with Gasteiger partial charge in [0.1, 0.15) is 5.25 Å². The van der Waals surface area contributed by atoms with E-state index in [2.05, 4.69) is 0 Å². The van der Waals surface area contributed by atoms with Gasteiger partial charge in [-0.2, -0.15) is 0 Å². The highest BCUT2D eigenvalue weighted by molar-refractivity contribution is 7.89. The van der Waals surface area contributed by atoms with Gasteiger partial charge in [0.15, 0.2) is 0 Å². The van der Waals surface area contributed by atoms with Crippen molar-refractivity contribution >= 4 is 10.0 Å². The molecule has 0 aromatic heterocycles. The van der Waals surface area contributed by atoms with Crippen molar-refractivity contribution in [3.05, 3.63) is 0 Å². The van der Waals surface area contributed by atoms with Gasteiger partial charge < -0.3 is 4.74 Å². The van der Waals surface area contributed by atoms with Crippen LogP contribution in [0.3, 0.4) is 0 Å². The van der Waals surface area contributed by atoms with E-state index in [1.54, 1.807) is 6.92 Å². The van der Waals surface area contributed by atoms with Gasteiger partial charge in [-0.25, -0.2) is 13.6 Å². The number of nitrogens with two attached hydrogens (primary N) is 1. The molecule has 1 aliphatic rings. The molecule has 0 aromatic rings. The Kier molecular flexibility index (Phi) is 1.98. The van der Waals surface area contributed by atoms with Crippen molar-refractivity contribution in [1.29, 1.82) is 0 Å². The van der Waals surface area contributed by atoms with E-state index >= 15 is 0 Å². The highest BCUT2D eigenvalue weighted by Crippen LogP contribution is 2.18. The molecule has 0 unspecified atom stereocenters. The maximum absolute atomic E-state index is 10.7. The van der Waals surface area contributed by atoms with Crippen molar-refractivity contribution in [2.45, 2.75) is 24.7 Å². The Balaban J connectivity index is 2.74. The van der Waals surface area contributed by atoms with Crippen LogP contribution in [0, 0.1) is 0 Å². The van der Waals surface area contributed by atoms with E-state index in [1.807, 2.05) is 0 Å². The molecule has 0 radical (unpaired) electrons. The summed E-state index contributed by atoms with van der Waals surface area (Å²) in [7, 11) is -3.38. The third-order valence-corrected chi connectivity index (χ3v) is 3.19. The number of sulfonamides is 1. The minimum atomic E-state index is -3.38. The highest BCUT2D eigenvalue weighted by Gasteiger charge is 2.32. The van der Waals surface area contributed by atoms with Gasteiger partial charge in [-0.05, 0) is 13.3 Å². The minimum Gasteiger partial charge on any atom is -0.377 e. The van der Waals surface area contributed by atoms with E-state index in [4.69, 9.17) is 9.88 Å².